The number of isocyanates is 1. The Labute approximate surface area is 148 Å². The Hall–Kier alpha value is -1.92. The smallest absolute Gasteiger partial charge is 0.315 e. The lowest BCUT2D eigenvalue weighted by Gasteiger charge is -2.46. The van der Waals surface area contributed by atoms with E-state index in [0.29, 0.717) is 13.0 Å². The van der Waals surface area contributed by atoms with Crippen molar-refractivity contribution in [2.45, 2.75) is 52.5 Å². The number of carbonyl (C=O) groups is 2. The first-order valence-electron chi connectivity index (χ1n) is 8.50. The molecule has 3 atom stereocenters. The monoisotopic (exact) mass is 355 g/mol. The molecule has 0 aliphatic heterocycles. The number of hydrogen-bond donors (Lipinski definition) is 4. The third-order valence-corrected chi connectivity index (χ3v) is 4.58. The second-order valence-corrected chi connectivity index (χ2v) is 8.17. The molecule has 0 saturated heterocycles. The van der Waals surface area contributed by atoms with Crippen LogP contribution in [0, 0.1) is 16.7 Å². The number of aliphatic imine (C=N–C) groups is 1. The molecular formula is C17H29N3O5. The molecular weight excluding hydrogens is 326 g/mol. The van der Waals surface area contributed by atoms with Gasteiger partial charge in [-0.25, -0.2) is 14.6 Å². The van der Waals surface area contributed by atoms with Crippen LogP contribution in [0.3, 0.4) is 0 Å². The summed E-state index contributed by atoms with van der Waals surface area (Å²) in [5, 5.41) is 23.4. The fourth-order valence-corrected chi connectivity index (χ4v) is 4.00. The third-order valence-electron chi connectivity index (χ3n) is 4.58. The Balaban J connectivity index is 2.59. The van der Waals surface area contributed by atoms with Crippen molar-refractivity contribution >= 4 is 18.1 Å². The van der Waals surface area contributed by atoms with Crippen molar-refractivity contribution in [1.82, 2.24) is 10.6 Å². The first-order valence-corrected chi connectivity index (χ1v) is 8.50. The lowest BCUT2D eigenvalue weighted by molar-refractivity contribution is -0.138. The number of aliphatic hydroxyl groups is 1. The number of nitrogens with zero attached hydrogens (tertiary/aromatic N) is 1. The number of carbonyl (C=O) groups excluding carboxylic acids is 2. The van der Waals surface area contributed by atoms with Crippen molar-refractivity contribution in [2.75, 3.05) is 19.7 Å². The number of hydrogen-bond acceptors (Lipinski definition) is 5. The number of carboxylic acid groups (broad SMARTS) is 1. The van der Waals surface area contributed by atoms with Crippen LogP contribution in [-0.2, 0) is 9.59 Å². The topological polar surface area (TPSA) is 128 Å². The Morgan fingerprint density at radius 2 is 2.00 bits per heavy atom. The molecule has 1 fully saturated rings. The van der Waals surface area contributed by atoms with E-state index in [-0.39, 0.29) is 42.5 Å². The van der Waals surface area contributed by atoms with Crippen molar-refractivity contribution in [3.63, 3.8) is 0 Å². The van der Waals surface area contributed by atoms with E-state index in [4.69, 9.17) is 10.2 Å². The summed E-state index contributed by atoms with van der Waals surface area (Å²) in [6, 6.07) is -0.449. The molecule has 4 N–H and O–H groups in total. The van der Waals surface area contributed by atoms with Crippen LogP contribution >= 0.6 is 0 Å². The average Bonchev–Trinajstić information content (AvgIpc) is 2.47. The van der Waals surface area contributed by atoms with Crippen molar-refractivity contribution in [3.8, 4) is 0 Å². The van der Waals surface area contributed by atoms with E-state index < -0.39 is 11.9 Å². The van der Waals surface area contributed by atoms with E-state index in [2.05, 4.69) is 36.4 Å². The van der Waals surface area contributed by atoms with Gasteiger partial charge in [-0.05, 0) is 30.1 Å². The molecule has 8 heteroatoms. The molecule has 0 aromatic rings. The number of carboxylic acids is 1. The maximum atomic E-state index is 12.1. The molecule has 0 aromatic carbocycles. The van der Waals surface area contributed by atoms with Crippen LogP contribution in [0.2, 0.25) is 0 Å². The minimum Gasteiger partial charge on any atom is -0.481 e. The summed E-state index contributed by atoms with van der Waals surface area (Å²) in [5.74, 6) is -1.53. The quantitative estimate of drug-likeness (QED) is 0.385. The lowest BCUT2D eigenvalue weighted by Crippen LogP contribution is -2.51. The van der Waals surface area contributed by atoms with Crippen LogP contribution in [0.4, 0.5) is 4.79 Å². The summed E-state index contributed by atoms with van der Waals surface area (Å²) in [7, 11) is 0. The Kier molecular flexibility index (Phi) is 7.58. The summed E-state index contributed by atoms with van der Waals surface area (Å²) in [6.07, 6.45) is 3.79. The molecule has 0 bridgehead atoms. The summed E-state index contributed by atoms with van der Waals surface area (Å²) in [5.41, 5.74) is -0.186. The summed E-state index contributed by atoms with van der Waals surface area (Å²) >= 11 is 0. The first-order chi connectivity index (χ1) is 11.6. The number of amides is 2. The van der Waals surface area contributed by atoms with Crippen LogP contribution in [0.5, 0.6) is 0 Å². The standard InChI is InChI=1S/C17H29N3O5/c1-16(2)5-13(6-17(3,9-16)10-18-11-22)20-15(25)19-7-12(8-21)4-14(23)24/h12-13,21H,4-10H2,1-3H3,(H,23,24)(H2,19,20,25). The molecule has 2 amide bonds. The molecule has 3 unspecified atom stereocenters. The molecule has 8 nitrogen and oxygen atoms in total. The van der Waals surface area contributed by atoms with Gasteiger partial charge in [0.1, 0.15) is 0 Å². The minimum absolute atomic E-state index is 0.000290. The highest BCUT2D eigenvalue weighted by Crippen LogP contribution is 2.46. The van der Waals surface area contributed by atoms with Gasteiger partial charge in [0.2, 0.25) is 6.08 Å². The van der Waals surface area contributed by atoms with Gasteiger partial charge >= 0.3 is 12.0 Å². The SMILES string of the molecule is CC1(C)CC(NC(=O)NCC(CO)CC(=O)O)CC(C)(CN=C=O)C1. The molecule has 142 valence electrons. The zero-order valence-corrected chi connectivity index (χ0v) is 15.2. The molecule has 1 rings (SSSR count). The summed E-state index contributed by atoms with van der Waals surface area (Å²) < 4.78 is 0. The maximum Gasteiger partial charge on any atom is 0.315 e. The van der Waals surface area contributed by atoms with Gasteiger partial charge in [-0.1, -0.05) is 20.8 Å². The van der Waals surface area contributed by atoms with Gasteiger partial charge in [0.15, 0.2) is 0 Å². The van der Waals surface area contributed by atoms with Crippen molar-refractivity contribution in [3.05, 3.63) is 0 Å². The molecule has 0 aromatic heterocycles. The number of nitrogens with one attached hydrogen (secondary N) is 2. The van der Waals surface area contributed by atoms with Gasteiger partial charge in [-0.2, -0.15) is 0 Å². The number of aliphatic carboxylic acids is 1. The highest BCUT2D eigenvalue weighted by atomic mass is 16.4. The molecule has 1 aliphatic rings. The number of rotatable bonds is 8. The van der Waals surface area contributed by atoms with E-state index >= 15 is 0 Å². The van der Waals surface area contributed by atoms with E-state index in [1.807, 2.05) is 0 Å². The van der Waals surface area contributed by atoms with E-state index in [1.165, 1.54) is 0 Å². The van der Waals surface area contributed by atoms with E-state index in [0.717, 1.165) is 12.8 Å². The predicted molar refractivity (Wildman–Crippen MR) is 91.9 cm³/mol. The largest absolute Gasteiger partial charge is 0.481 e. The van der Waals surface area contributed by atoms with Crippen molar-refractivity contribution < 1.29 is 24.6 Å². The molecule has 0 radical (unpaired) electrons. The molecule has 25 heavy (non-hydrogen) atoms. The molecule has 0 heterocycles. The van der Waals surface area contributed by atoms with E-state index in [1.54, 1.807) is 6.08 Å². The van der Waals surface area contributed by atoms with E-state index in [9.17, 15) is 14.4 Å². The fraction of sp³-hybridized carbons (Fsp3) is 0.824. The number of aliphatic hydroxyl groups excluding tert-OH is 1. The van der Waals surface area contributed by atoms with Crippen LogP contribution in [0.25, 0.3) is 0 Å². The molecule has 0 spiro atoms. The zero-order chi connectivity index (χ0) is 19.1. The third kappa shape index (κ3) is 7.67. The fourth-order valence-electron chi connectivity index (χ4n) is 4.00. The Bertz CT molecular complexity index is 530. The van der Waals surface area contributed by atoms with Crippen LogP contribution in [0.15, 0.2) is 4.99 Å². The second-order valence-electron chi connectivity index (χ2n) is 8.17. The van der Waals surface area contributed by atoms with Crippen molar-refractivity contribution in [1.29, 1.82) is 0 Å². The Morgan fingerprint density at radius 1 is 1.32 bits per heavy atom. The second kappa shape index (κ2) is 8.97. The highest BCUT2D eigenvalue weighted by Gasteiger charge is 2.41. The zero-order valence-electron chi connectivity index (χ0n) is 15.2. The van der Waals surface area contributed by atoms with Crippen LogP contribution in [0.1, 0.15) is 46.5 Å². The van der Waals surface area contributed by atoms with Gasteiger partial charge < -0.3 is 20.8 Å². The Morgan fingerprint density at radius 3 is 2.56 bits per heavy atom. The van der Waals surface area contributed by atoms with Gasteiger partial charge in [-0.15, -0.1) is 0 Å². The maximum absolute atomic E-state index is 12.1. The van der Waals surface area contributed by atoms with Gasteiger partial charge in [0, 0.05) is 25.1 Å². The number of urea groups is 1. The minimum atomic E-state index is -1.01. The summed E-state index contributed by atoms with van der Waals surface area (Å²) in [6.45, 7) is 6.47. The lowest BCUT2D eigenvalue weighted by atomic mass is 9.62. The normalized spacial score (nSPS) is 26.2. The van der Waals surface area contributed by atoms with Gasteiger partial charge in [-0.3, -0.25) is 4.79 Å². The van der Waals surface area contributed by atoms with Crippen LogP contribution < -0.4 is 10.6 Å². The average molecular weight is 355 g/mol. The van der Waals surface area contributed by atoms with Gasteiger partial charge in [0.25, 0.3) is 0 Å². The first kappa shape index (κ1) is 21.1. The van der Waals surface area contributed by atoms with Gasteiger partial charge in [0.05, 0.1) is 13.0 Å². The molecule has 1 saturated carbocycles. The van der Waals surface area contributed by atoms with Crippen LogP contribution in [-0.4, -0.2) is 54.0 Å². The highest BCUT2D eigenvalue weighted by molar-refractivity contribution is 5.74. The van der Waals surface area contributed by atoms with Crippen molar-refractivity contribution in [2.24, 2.45) is 21.7 Å². The summed E-state index contributed by atoms with van der Waals surface area (Å²) in [4.78, 5) is 37.0. The predicted octanol–water partition coefficient (Wildman–Crippen LogP) is 1.29. The molecule has 1 aliphatic carbocycles.